The number of benzene rings is 2. The monoisotopic (exact) mass is 498 g/mol. The molecule has 2 aromatic carbocycles. The molecule has 1 unspecified atom stereocenters. The van der Waals surface area contributed by atoms with Crippen LogP contribution >= 0.6 is 23.2 Å². The molecule has 3 aromatic rings. The fourth-order valence-electron chi connectivity index (χ4n) is 4.45. The Morgan fingerprint density at radius 3 is 2.71 bits per heavy atom. The molecule has 1 atom stereocenters. The van der Waals surface area contributed by atoms with Gasteiger partial charge in [0.05, 0.1) is 28.4 Å². The maximum absolute atomic E-state index is 13.3. The minimum absolute atomic E-state index is 0.142. The van der Waals surface area contributed by atoms with Crippen molar-refractivity contribution in [2.24, 2.45) is 0 Å². The maximum Gasteiger partial charge on any atom is 0.255 e. The minimum Gasteiger partial charge on any atom is -0.394 e. The molecule has 9 heteroatoms. The van der Waals surface area contributed by atoms with Crippen LogP contribution in [-0.2, 0) is 11.3 Å². The molecule has 7 nitrogen and oxygen atoms in total. The highest BCUT2D eigenvalue weighted by Crippen LogP contribution is 2.35. The lowest BCUT2D eigenvalue weighted by atomic mass is 10.0. The van der Waals surface area contributed by atoms with E-state index in [0.717, 1.165) is 48.4 Å². The second-order valence-corrected chi connectivity index (χ2v) is 9.29. The number of halogens is 2. The normalized spacial score (nSPS) is 17.0. The molecular formula is C25H24Cl2N4O3. The quantitative estimate of drug-likeness (QED) is 0.510. The molecule has 34 heavy (non-hydrogen) atoms. The summed E-state index contributed by atoms with van der Waals surface area (Å²) in [6.45, 7) is 1.65. The van der Waals surface area contributed by atoms with Gasteiger partial charge < -0.3 is 20.1 Å². The Hall–Kier alpha value is -2.71. The molecule has 1 aromatic heterocycles. The first-order valence-corrected chi connectivity index (χ1v) is 12.0. The summed E-state index contributed by atoms with van der Waals surface area (Å²) in [5, 5.41) is 14.3. The van der Waals surface area contributed by atoms with Crippen LogP contribution < -0.4 is 5.32 Å². The van der Waals surface area contributed by atoms with Crippen molar-refractivity contribution in [3.63, 3.8) is 0 Å². The molecule has 1 fully saturated rings. The van der Waals surface area contributed by atoms with Crippen LogP contribution in [0.2, 0.25) is 10.0 Å². The molecule has 1 saturated heterocycles. The number of rotatable bonds is 6. The zero-order valence-electron chi connectivity index (χ0n) is 18.4. The SMILES string of the molecule is O=C1c2cc(-c3ccnc(NC4CCOCC4)n3)ccc2CN1C(CO)c1ccc(Cl)c(Cl)c1. The van der Waals surface area contributed by atoms with E-state index in [0.29, 0.717) is 28.1 Å². The third-order valence-corrected chi connectivity index (χ3v) is 7.06. The van der Waals surface area contributed by atoms with Gasteiger partial charge in [-0.2, -0.15) is 0 Å². The number of aliphatic hydroxyl groups excluding tert-OH is 1. The molecule has 3 heterocycles. The third-order valence-electron chi connectivity index (χ3n) is 6.33. The predicted octanol–water partition coefficient (Wildman–Crippen LogP) is 4.73. The van der Waals surface area contributed by atoms with Crippen molar-refractivity contribution in [3.05, 3.63) is 75.4 Å². The first-order valence-electron chi connectivity index (χ1n) is 11.2. The highest BCUT2D eigenvalue weighted by Gasteiger charge is 2.33. The number of nitrogens with zero attached hydrogens (tertiary/aromatic N) is 3. The summed E-state index contributed by atoms with van der Waals surface area (Å²) in [5.74, 6) is 0.425. The number of nitrogens with one attached hydrogen (secondary N) is 1. The second kappa shape index (κ2) is 9.88. The lowest BCUT2D eigenvalue weighted by molar-refractivity contribution is 0.0615. The van der Waals surface area contributed by atoms with Crippen molar-refractivity contribution in [2.75, 3.05) is 25.1 Å². The number of hydrogen-bond donors (Lipinski definition) is 2. The minimum atomic E-state index is -0.521. The molecule has 0 bridgehead atoms. The average Bonchev–Trinajstić information content (AvgIpc) is 3.18. The van der Waals surface area contributed by atoms with Gasteiger partial charge in [0.25, 0.3) is 5.91 Å². The van der Waals surface area contributed by atoms with Gasteiger partial charge in [-0.05, 0) is 48.2 Å². The summed E-state index contributed by atoms with van der Waals surface area (Å²) in [6.07, 6.45) is 3.56. The van der Waals surface area contributed by atoms with Crippen LogP contribution in [0.25, 0.3) is 11.3 Å². The van der Waals surface area contributed by atoms with Gasteiger partial charge in [-0.25, -0.2) is 9.97 Å². The van der Waals surface area contributed by atoms with Crippen molar-refractivity contribution in [1.82, 2.24) is 14.9 Å². The lowest BCUT2D eigenvalue weighted by Crippen LogP contribution is -2.31. The molecule has 0 saturated carbocycles. The predicted molar refractivity (Wildman–Crippen MR) is 131 cm³/mol. The first kappa shape index (κ1) is 23.1. The number of aromatic nitrogens is 2. The van der Waals surface area contributed by atoms with Crippen LogP contribution in [0.1, 0.15) is 40.4 Å². The highest BCUT2D eigenvalue weighted by molar-refractivity contribution is 6.42. The van der Waals surface area contributed by atoms with Crippen molar-refractivity contribution >= 4 is 35.1 Å². The van der Waals surface area contributed by atoms with Crippen LogP contribution in [-0.4, -0.2) is 51.7 Å². The summed E-state index contributed by atoms with van der Waals surface area (Å²) in [6, 6.07) is 12.5. The Balaban J connectivity index is 1.38. The van der Waals surface area contributed by atoms with Gasteiger partial charge in [0, 0.05) is 43.1 Å². The van der Waals surface area contributed by atoms with Gasteiger partial charge in [0.2, 0.25) is 5.95 Å². The summed E-state index contributed by atoms with van der Waals surface area (Å²) in [4.78, 5) is 24.0. The van der Waals surface area contributed by atoms with Crippen molar-refractivity contribution in [2.45, 2.75) is 31.5 Å². The molecular weight excluding hydrogens is 475 g/mol. The first-order chi connectivity index (χ1) is 16.5. The Labute approximate surface area is 207 Å². The van der Waals surface area contributed by atoms with Crippen LogP contribution in [0.3, 0.4) is 0 Å². The van der Waals surface area contributed by atoms with E-state index in [1.54, 1.807) is 29.3 Å². The highest BCUT2D eigenvalue weighted by atomic mass is 35.5. The van der Waals surface area contributed by atoms with Gasteiger partial charge in [-0.3, -0.25) is 4.79 Å². The maximum atomic E-state index is 13.3. The molecule has 2 aliphatic heterocycles. The Bertz CT molecular complexity index is 1220. The number of fused-ring (bicyclic) bond motifs is 1. The number of hydrogen-bond acceptors (Lipinski definition) is 6. The van der Waals surface area contributed by atoms with Gasteiger partial charge >= 0.3 is 0 Å². The van der Waals surface area contributed by atoms with E-state index in [1.807, 2.05) is 24.3 Å². The number of ether oxygens (including phenoxy) is 1. The number of anilines is 1. The largest absolute Gasteiger partial charge is 0.394 e. The fraction of sp³-hybridized carbons (Fsp3) is 0.320. The Morgan fingerprint density at radius 1 is 1.12 bits per heavy atom. The summed E-state index contributed by atoms with van der Waals surface area (Å²) < 4.78 is 5.41. The van der Waals surface area contributed by atoms with Gasteiger partial charge in [0.15, 0.2) is 0 Å². The van der Waals surface area contributed by atoms with E-state index >= 15 is 0 Å². The summed E-state index contributed by atoms with van der Waals surface area (Å²) in [5.41, 5.74) is 3.82. The van der Waals surface area contributed by atoms with Crippen molar-refractivity contribution in [3.8, 4) is 11.3 Å². The van der Waals surface area contributed by atoms with Crippen molar-refractivity contribution < 1.29 is 14.6 Å². The Morgan fingerprint density at radius 2 is 1.94 bits per heavy atom. The molecule has 1 amide bonds. The molecule has 176 valence electrons. The van der Waals surface area contributed by atoms with Gasteiger partial charge in [0.1, 0.15) is 0 Å². The van der Waals surface area contributed by atoms with E-state index in [9.17, 15) is 9.90 Å². The van der Waals surface area contributed by atoms with Crippen LogP contribution in [0, 0.1) is 0 Å². The van der Waals surface area contributed by atoms with E-state index in [4.69, 9.17) is 27.9 Å². The molecule has 2 N–H and O–H groups in total. The summed E-state index contributed by atoms with van der Waals surface area (Å²) >= 11 is 12.2. The second-order valence-electron chi connectivity index (χ2n) is 8.47. The number of aliphatic hydroxyl groups is 1. The van der Waals surface area contributed by atoms with Gasteiger partial charge in [-0.1, -0.05) is 41.4 Å². The van der Waals surface area contributed by atoms with Crippen molar-refractivity contribution in [1.29, 1.82) is 0 Å². The van der Waals surface area contributed by atoms with Crippen LogP contribution in [0.4, 0.5) is 5.95 Å². The molecule has 0 radical (unpaired) electrons. The van der Waals surface area contributed by atoms with E-state index in [2.05, 4.69) is 15.3 Å². The standard InChI is InChI=1S/C25H24Cl2N4O3/c26-20-4-3-16(12-21(20)27)23(14-32)31-13-17-2-1-15(11-19(17)24(31)33)22-5-8-28-25(30-22)29-18-6-9-34-10-7-18/h1-5,8,11-12,18,23,32H,6-7,9-10,13-14H2,(H,28,29,30). The van der Waals surface area contributed by atoms with E-state index < -0.39 is 6.04 Å². The van der Waals surface area contributed by atoms with E-state index in [1.165, 1.54) is 0 Å². The van der Waals surface area contributed by atoms with Crippen LogP contribution in [0.5, 0.6) is 0 Å². The molecule has 0 spiro atoms. The number of carbonyl (C=O) groups is 1. The van der Waals surface area contributed by atoms with E-state index in [-0.39, 0.29) is 18.6 Å². The fourth-order valence-corrected chi connectivity index (χ4v) is 4.76. The number of amides is 1. The molecule has 2 aliphatic rings. The summed E-state index contributed by atoms with van der Waals surface area (Å²) in [7, 11) is 0. The molecule has 0 aliphatic carbocycles. The molecule has 5 rings (SSSR count). The average molecular weight is 499 g/mol. The van der Waals surface area contributed by atoms with Crippen LogP contribution in [0.15, 0.2) is 48.7 Å². The smallest absolute Gasteiger partial charge is 0.255 e. The lowest BCUT2D eigenvalue weighted by Gasteiger charge is -2.26. The zero-order chi connectivity index (χ0) is 23.7. The van der Waals surface area contributed by atoms with Gasteiger partial charge in [-0.15, -0.1) is 0 Å². The third kappa shape index (κ3) is 4.61. The number of carbonyl (C=O) groups excluding carboxylic acids is 1. The Kier molecular flexibility index (Phi) is 6.70. The topological polar surface area (TPSA) is 87.6 Å². The zero-order valence-corrected chi connectivity index (χ0v) is 19.9.